The summed E-state index contributed by atoms with van der Waals surface area (Å²) in [6, 6.07) is 12.5. The van der Waals surface area contributed by atoms with E-state index in [-0.39, 0.29) is 11.9 Å². The average Bonchev–Trinajstić information content (AvgIpc) is 3.11. The van der Waals surface area contributed by atoms with Gasteiger partial charge in [0.2, 0.25) is 0 Å². The number of nitrogens with zero attached hydrogens (tertiary/aromatic N) is 1. The van der Waals surface area contributed by atoms with Gasteiger partial charge < -0.3 is 10.3 Å². The van der Waals surface area contributed by atoms with Crippen LogP contribution in [0.5, 0.6) is 0 Å². The van der Waals surface area contributed by atoms with Crippen molar-refractivity contribution >= 4 is 5.91 Å². The van der Waals surface area contributed by atoms with Crippen molar-refractivity contribution in [3.63, 3.8) is 0 Å². The van der Waals surface area contributed by atoms with Gasteiger partial charge in [0, 0.05) is 18.9 Å². The van der Waals surface area contributed by atoms with E-state index in [0.29, 0.717) is 12.1 Å². The molecule has 4 heteroatoms. The number of carbonyl (C=O) groups excluding carboxylic acids is 1. The van der Waals surface area contributed by atoms with Gasteiger partial charge in [-0.15, -0.1) is 0 Å². The molecule has 22 heavy (non-hydrogen) atoms. The number of nitrogens with one attached hydrogen (secondary N) is 2. The number of amides is 1. The molecule has 0 radical (unpaired) electrons. The number of H-pyrrole nitrogens is 1. The largest absolute Gasteiger partial charge is 0.367 e. The highest BCUT2D eigenvalue weighted by molar-refractivity contribution is 5.93. The number of benzene rings is 1. The Hall–Kier alpha value is -2.07. The number of rotatable bonds is 5. The smallest absolute Gasteiger partial charge is 0.252 e. The van der Waals surface area contributed by atoms with Crippen molar-refractivity contribution in [3.8, 4) is 0 Å². The summed E-state index contributed by atoms with van der Waals surface area (Å²) in [5, 5.41) is 3.08. The van der Waals surface area contributed by atoms with Gasteiger partial charge in [0.05, 0.1) is 11.6 Å². The number of carbonyl (C=O) groups is 1. The van der Waals surface area contributed by atoms with Crippen molar-refractivity contribution in [3.05, 3.63) is 59.9 Å². The number of likely N-dealkylation sites (tertiary alicyclic amines) is 1. The van der Waals surface area contributed by atoms with Crippen molar-refractivity contribution in [1.82, 2.24) is 15.2 Å². The van der Waals surface area contributed by atoms with Gasteiger partial charge in [-0.2, -0.15) is 0 Å². The average molecular weight is 297 g/mol. The van der Waals surface area contributed by atoms with Crippen LogP contribution < -0.4 is 5.32 Å². The number of hydrogen-bond acceptors (Lipinski definition) is 2. The first kappa shape index (κ1) is 14.9. The standard InChI is InChI=1S/C18H23N3O/c22-18(16-9-10-19-13-16)20-14-17(15-7-3-1-4-8-15)21-11-5-2-6-12-21/h1,3-4,7-10,13,17,19H,2,5-6,11-12,14H2,(H,20,22)/t17-/m1/s1. The monoisotopic (exact) mass is 297 g/mol. The Labute approximate surface area is 131 Å². The molecule has 0 unspecified atom stereocenters. The van der Waals surface area contributed by atoms with Gasteiger partial charge in [0.1, 0.15) is 0 Å². The SMILES string of the molecule is O=C(NC[C@H](c1ccccc1)N1CCCCC1)c1cc[nH]c1. The van der Waals surface area contributed by atoms with Crippen LogP contribution in [-0.4, -0.2) is 35.4 Å². The highest BCUT2D eigenvalue weighted by Gasteiger charge is 2.22. The number of piperidine rings is 1. The molecule has 3 rings (SSSR count). The summed E-state index contributed by atoms with van der Waals surface area (Å²) in [4.78, 5) is 17.6. The van der Waals surface area contributed by atoms with E-state index in [1.807, 2.05) is 6.07 Å². The molecule has 2 heterocycles. The van der Waals surface area contributed by atoms with Crippen LogP contribution >= 0.6 is 0 Å². The highest BCUT2D eigenvalue weighted by atomic mass is 16.1. The lowest BCUT2D eigenvalue weighted by Gasteiger charge is -2.35. The summed E-state index contributed by atoms with van der Waals surface area (Å²) in [5.74, 6) is -0.0146. The predicted octanol–water partition coefficient (Wildman–Crippen LogP) is 2.97. The van der Waals surface area contributed by atoms with Gasteiger partial charge in [-0.3, -0.25) is 9.69 Å². The Bertz CT molecular complexity index is 574. The molecule has 1 saturated heterocycles. The minimum Gasteiger partial charge on any atom is -0.367 e. The number of aromatic amines is 1. The first-order valence-electron chi connectivity index (χ1n) is 8.04. The third-order valence-corrected chi connectivity index (χ3v) is 4.33. The fraction of sp³-hybridized carbons (Fsp3) is 0.389. The lowest BCUT2D eigenvalue weighted by molar-refractivity contribution is 0.0924. The summed E-state index contributed by atoms with van der Waals surface area (Å²) < 4.78 is 0. The maximum absolute atomic E-state index is 12.2. The maximum atomic E-state index is 12.2. The molecule has 1 aromatic heterocycles. The molecule has 116 valence electrons. The summed E-state index contributed by atoms with van der Waals surface area (Å²) in [6.45, 7) is 2.87. The minimum absolute atomic E-state index is 0.0146. The highest BCUT2D eigenvalue weighted by Crippen LogP contribution is 2.24. The van der Waals surface area contributed by atoms with E-state index in [2.05, 4.69) is 39.5 Å². The first-order valence-corrected chi connectivity index (χ1v) is 8.04. The van der Waals surface area contributed by atoms with Gasteiger partial charge >= 0.3 is 0 Å². The second-order valence-corrected chi connectivity index (χ2v) is 5.83. The Kier molecular flexibility index (Phi) is 4.91. The van der Waals surface area contributed by atoms with Crippen LogP contribution in [0.1, 0.15) is 41.2 Å². The zero-order chi connectivity index (χ0) is 15.2. The second-order valence-electron chi connectivity index (χ2n) is 5.83. The molecule has 2 aromatic rings. The van der Waals surface area contributed by atoms with Crippen LogP contribution in [0.4, 0.5) is 0 Å². The van der Waals surface area contributed by atoms with Gasteiger partial charge in [0.15, 0.2) is 0 Å². The zero-order valence-electron chi connectivity index (χ0n) is 12.8. The molecule has 1 amide bonds. The van der Waals surface area contributed by atoms with Crippen LogP contribution in [0.3, 0.4) is 0 Å². The van der Waals surface area contributed by atoms with Crippen molar-refractivity contribution in [2.24, 2.45) is 0 Å². The van der Waals surface area contributed by atoms with E-state index in [1.165, 1.54) is 24.8 Å². The molecule has 0 aliphatic carbocycles. The molecule has 0 spiro atoms. The van der Waals surface area contributed by atoms with E-state index in [4.69, 9.17) is 0 Å². The molecular formula is C18H23N3O. The summed E-state index contributed by atoms with van der Waals surface area (Å²) >= 11 is 0. The van der Waals surface area contributed by atoms with Gasteiger partial charge in [-0.25, -0.2) is 0 Å². The van der Waals surface area contributed by atoms with Crippen LogP contribution in [0, 0.1) is 0 Å². The molecule has 1 fully saturated rings. The topological polar surface area (TPSA) is 48.1 Å². The Morgan fingerprint density at radius 2 is 1.91 bits per heavy atom. The molecule has 2 N–H and O–H groups in total. The number of aromatic nitrogens is 1. The third kappa shape index (κ3) is 3.57. The van der Waals surface area contributed by atoms with E-state index >= 15 is 0 Å². The van der Waals surface area contributed by atoms with Gasteiger partial charge in [-0.05, 0) is 37.6 Å². The molecular weight excluding hydrogens is 274 g/mol. The number of hydrogen-bond donors (Lipinski definition) is 2. The predicted molar refractivity (Wildman–Crippen MR) is 87.7 cm³/mol. The Morgan fingerprint density at radius 3 is 2.59 bits per heavy atom. The van der Waals surface area contributed by atoms with Crippen molar-refractivity contribution in [2.75, 3.05) is 19.6 Å². The minimum atomic E-state index is -0.0146. The quantitative estimate of drug-likeness (QED) is 0.891. The lowest BCUT2D eigenvalue weighted by atomic mass is 10.0. The fourth-order valence-electron chi connectivity index (χ4n) is 3.12. The molecule has 4 nitrogen and oxygen atoms in total. The Balaban J connectivity index is 1.69. The zero-order valence-corrected chi connectivity index (χ0v) is 12.8. The van der Waals surface area contributed by atoms with E-state index in [9.17, 15) is 4.79 Å². The van der Waals surface area contributed by atoms with E-state index < -0.39 is 0 Å². The molecule has 0 bridgehead atoms. The maximum Gasteiger partial charge on any atom is 0.252 e. The van der Waals surface area contributed by atoms with Crippen LogP contribution in [0.15, 0.2) is 48.8 Å². The molecule has 1 aromatic carbocycles. The molecule has 1 atom stereocenters. The second kappa shape index (κ2) is 7.27. The fourth-order valence-corrected chi connectivity index (χ4v) is 3.12. The first-order chi connectivity index (χ1) is 10.8. The van der Waals surface area contributed by atoms with E-state index in [1.54, 1.807) is 18.5 Å². The summed E-state index contributed by atoms with van der Waals surface area (Å²) in [7, 11) is 0. The normalized spacial score (nSPS) is 17.1. The lowest BCUT2D eigenvalue weighted by Crippen LogP contribution is -2.40. The van der Waals surface area contributed by atoms with E-state index in [0.717, 1.165) is 13.1 Å². The molecule has 1 aliphatic heterocycles. The van der Waals surface area contributed by atoms with Crippen LogP contribution in [0.2, 0.25) is 0 Å². The van der Waals surface area contributed by atoms with Crippen molar-refractivity contribution in [1.29, 1.82) is 0 Å². The Morgan fingerprint density at radius 1 is 1.14 bits per heavy atom. The van der Waals surface area contributed by atoms with Crippen LogP contribution in [0.25, 0.3) is 0 Å². The third-order valence-electron chi connectivity index (χ3n) is 4.33. The van der Waals surface area contributed by atoms with Crippen molar-refractivity contribution in [2.45, 2.75) is 25.3 Å². The summed E-state index contributed by atoms with van der Waals surface area (Å²) in [5.41, 5.74) is 1.96. The summed E-state index contributed by atoms with van der Waals surface area (Å²) in [6.07, 6.45) is 7.31. The molecule has 0 saturated carbocycles. The van der Waals surface area contributed by atoms with Gasteiger partial charge in [0.25, 0.3) is 5.91 Å². The van der Waals surface area contributed by atoms with Crippen LogP contribution in [-0.2, 0) is 0 Å². The van der Waals surface area contributed by atoms with Crippen molar-refractivity contribution < 1.29 is 4.79 Å². The molecule has 1 aliphatic rings. The van der Waals surface area contributed by atoms with Gasteiger partial charge in [-0.1, -0.05) is 36.8 Å².